The van der Waals surface area contributed by atoms with E-state index in [-0.39, 0.29) is 30.2 Å². The van der Waals surface area contributed by atoms with Crippen LogP contribution in [0.4, 0.5) is 18.9 Å². The lowest BCUT2D eigenvalue weighted by Crippen LogP contribution is -2.26. The van der Waals surface area contributed by atoms with Gasteiger partial charge in [0.25, 0.3) is 0 Å². The minimum atomic E-state index is -4.43. The van der Waals surface area contributed by atoms with Crippen molar-refractivity contribution < 1.29 is 18.0 Å². The molecule has 7 heteroatoms. The van der Waals surface area contributed by atoms with Gasteiger partial charge < -0.3 is 11.1 Å². The molecular weight excluding hydrogens is 281 g/mol. The molecule has 1 aromatic rings. The summed E-state index contributed by atoms with van der Waals surface area (Å²) in [6, 6.07) is 3.69. The molecule has 0 heterocycles. The molecule has 0 saturated heterocycles. The maximum absolute atomic E-state index is 12.7. The Morgan fingerprint density at radius 2 is 2.00 bits per heavy atom. The molecule has 1 atom stereocenters. The van der Waals surface area contributed by atoms with Crippen molar-refractivity contribution in [2.75, 3.05) is 11.9 Å². The van der Waals surface area contributed by atoms with Crippen LogP contribution in [0, 0.1) is 12.8 Å². The van der Waals surface area contributed by atoms with E-state index in [0.717, 1.165) is 6.07 Å². The zero-order valence-corrected chi connectivity index (χ0v) is 11.4. The fourth-order valence-electron chi connectivity index (χ4n) is 1.38. The minimum Gasteiger partial charge on any atom is -0.330 e. The molecule has 3 N–H and O–H groups in total. The minimum absolute atomic E-state index is 0. The summed E-state index contributed by atoms with van der Waals surface area (Å²) in [5.41, 5.74) is 4.80. The zero-order valence-electron chi connectivity index (χ0n) is 10.5. The molecule has 0 aromatic heterocycles. The van der Waals surface area contributed by atoms with Gasteiger partial charge in [-0.15, -0.1) is 12.4 Å². The maximum Gasteiger partial charge on any atom is 0.416 e. The molecule has 1 aromatic carbocycles. The van der Waals surface area contributed by atoms with Gasteiger partial charge in [-0.2, -0.15) is 13.2 Å². The average molecular weight is 297 g/mol. The van der Waals surface area contributed by atoms with Gasteiger partial charge in [-0.05, 0) is 24.6 Å². The Bertz CT molecular complexity index is 449. The summed E-state index contributed by atoms with van der Waals surface area (Å²) in [7, 11) is 0. The number of amides is 1. The largest absolute Gasteiger partial charge is 0.416 e. The molecule has 108 valence electrons. The number of aryl methyl sites for hydroxylation is 1. The average Bonchev–Trinajstić information content (AvgIpc) is 2.29. The van der Waals surface area contributed by atoms with Gasteiger partial charge in [-0.1, -0.05) is 13.0 Å². The van der Waals surface area contributed by atoms with Crippen molar-refractivity contribution in [1.82, 2.24) is 0 Å². The van der Waals surface area contributed by atoms with E-state index in [9.17, 15) is 18.0 Å². The number of hydrogen-bond acceptors (Lipinski definition) is 2. The Balaban J connectivity index is 0.00000324. The van der Waals surface area contributed by atoms with E-state index in [4.69, 9.17) is 5.73 Å². The van der Waals surface area contributed by atoms with Gasteiger partial charge in [0.05, 0.1) is 5.56 Å². The van der Waals surface area contributed by atoms with Crippen LogP contribution in [0.3, 0.4) is 0 Å². The number of carbonyl (C=O) groups is 1. The Labute approximate surface area is 115 Å². The summed E-state index contributed by atoms with van der Waals surface area (Å²) in [5.74, 6) is -0.838. The van der Waals surface area contributed by atoms with Crippen molar-refractivity contribution in [3.63, 3.8) is 0 Å². The van der Waals surface area contributed by atoms with E-state index in [1.807, 2.05) is 0 Å². The molecule has 0 saturated carbocycles. The number of halogens is 4. The van der Waals surface area contributed by atoms with Crippen molar-refractivity contribution in [3.8, 4) is 0 Å². The number of alkyl halides is 3. The van der Waals surface area contributed by atoms with Crippen LogP contribution >= 0.6 is 12.4 Å². The highest BCUT2D eigenvalue weighted by Gasteiger charge is 2.32. The fraction of sp³-hybridized carbons (Fsp3) is 0.417. The topological polar surface area (TPSA) is 55.1 Å². The van der Waals surface area contributed by atoms with Crippen LogP contribution in [0.1, 0.15) is 18.1 Å². The first-order valence-electron chi connectivity index (χ1n) is 5.44. The summed E-state index contributed by atoms with van der Waals surface area (Å²) in [4.78, 5) is 11.5. The van der Waals surface area contributed by atoms with Gasteiger partial charge in [0.1, 0.15) is 0 Å². The Hall–Kier alpha value is -1.27. The van der Waals surface area contributed by atoms with E-state index in [1.54, 1.807) is 6.92 Å². The van der Waals surface area contributed by atoms with Crippen LogP contribution in [0.25, 0.3) is 0 Å². The van der Waals surface area contributed by atoms with Gasteiger partial charge in [-0.3, -0.25) is 4.79 Å². The van der Waals surface area contributed by atoms with E-state index in [2.05, 4.69) is 5.32 Å². The van der Waals surface area contributed by atoms with Crippen LogP contribution in [0.5, 0.6) is 0 Å². The van der Waals surface area contributed by atoms with E-state index >= 15 is 0 Å². The third kappa shape index (κ3) is 4.72. The van der Waals surface area contributed by atoms with Crippen molar-refractivity contribution in [2.24, 2.45) is 11.7 Å². The van der Waals surface area contributed by atoms with Crippen LogP contribution in [0.15, 0.2) is 18.2 Å². The molecule has 0 aliphatic carbocycles. The molecule has 0 bridgehead atoms. The van der Waals surface area contributed by atoms with Crippen molar-refractivity contribution in [3.05, 3.63) is 29.3 Å². The van der Waals surface area contributed by atoms with Crippen LogP contribution in [-0.2, 0) is 11.0 Å². The lowest BCUT2D eigenvalue weighted by Gasteiger charge is -2.14. The lowest BCUT2D eigenvalue weighted by molar-refractivity contribution is -0.138. The quantitative estimate of drug-likeness (QED) is 0.901. The number of anilines is 1. The van der Waals surface area contributed by atoms with Gasteiger partial charge in [0.2, 0.25) is 5.91 Å². The molecule has 3 nitrogen and oxygen atoms in total. The SMILES string of the molecule is Cc1ccc(NC(=O)C(C)CN)cc1C(F)(F)F.Cl. The summed E-state index contributed by atoms with van der Waals surface area (Å²) in [5, 5.41) is 2.41. The third-order valence-corrected chi connectivity index (χ3v) is 2.61. The number of benzene rings is 1. The van der Waals surface area contributed by atoms with Crippen molar-refractivity contribution >= 4 is 24.0 Å². The molecule has 0 radical (unpaired) electrons. The second-order valence-electron chi connectivity index (χ2n) is 4.15. The second-order valence-corrected chi connectivity index (χ2v) is 4.15. The number of nitrogens with one attached hydrogen (secondary N) is 1. The van der Waals surface area contributed by atoms with E-state index in [0.29, 0.717) is 0 Å². The maximum atomic E-state index is 12.7. The predicted molar refractivity (Wildman–Crippen MR) is 70.3 cm³/mol. The molecule has 1 unspecified atom stereocenters. The molecule has 0 aliphatic heterocycles. The first-order valence-corrected chi connectivity index (χ1v) is 5.44. The van der Waals surface area contributed by atoms with E-state index in [1.165, 1.54) is 19.1 Å². The molecule has 0 aliphatic rings. The normalized spacial score (nSPS) is 12.5. The highest BCUT2D eigenvalue weighted by molar-refractivity contribution is 5.92. The molecule has 19 heavy (non-hydrogen) atoms. The number of nitrogens with two attached hydrogens (primary N) is 1. The zero-order chi connectivity index (χ0) is 13.9. The first-order chi connectivity index (χ1) is 8.25. The summed E-state index contributed by atoms with van der Waals surface area (Å²) >= 11 is 0. The molecule has 0 spiro atoms. The Morgan fingerprint density at radius 3 is 2.47 bits per heavy atom. The van der Waals surface area contributed by atoms with Gasteiger partial charge in [-0.25, -0.2) is 0 Å². The predicted octanol–water partition coefficient (Wildman–Crippen LogP) is 2.97. The standard InChI is InChI=1S/C12H15F3N2O.ClH/c1-7-3-4-9(5-10(7)12(13,14)15)17-11(18)8(2)6-16;/h3-5,8H,6,16H2,1-2H3,(H,17,18);1H. The summed E-state index contributed by atoms with van der Waals surface area (Å²) in [6.45, 7) is 3.12. The second kappa shape index (κ2) is 6.77. The smallest absolute Gasteiger partial charge is 0.330 e. The Morgan fingerprint density at radius 1 is 1.42 bits per heavy atom. The monoisotopic (exact) mass is 296 g/mol. The summed E-state index contributed by atoms with van der Waals surface area (Å²) < 4.78 is 38.0. The third-order valence-electron chi connectivity index (χ3n) is 2.61. The molecule has 1 amide bonds. The Kier molecular flexibility index (Phi) is 6.32. The molecule has 1 rings (SSSR count). The van der Waals surface area contributed by atoms with Gasteiger partial charge >= 0.3 is 6.18 Å². The fourth-order valence-corrected chi connectivity index (χ4v) is 1.38. The number of rotatable bonds is 3. The van der Waals surface area contributed by atoms with E-state index < -0.39 is 23.6 Å². The highest BCUT2D eigenvalue weighted by Crippen LogP contribution is 2.33. The van der Waals surface area contributed by atoms with Crippen molar-refractivity contribution in [2.45, 2.75) is 20.0 Å². The highest BCUT2D eigenvalue weighted by atomic mass is 35.5. The van der Waals surface area contributed by atoms with Gasteiger partial charge in [0.15, 0.2) is 0 Å². The van der Waals surface area contributed by atoms with Crippen LogP contribution in [0.2, 0.25) is 0 Å². The number of hydrogen-bond donors (Lipinski definition) is 2. The first kappa shape index (κ1) is 17.7. The summed E-state index contributed by atoms with van der Waals surface area (Å²) in [6.07, 6.45) is -4.43. The number of carbonyl (C=O) groups excluding carboxylic acids is 1. The van der Waals surface area contributed by atoms with Crippen LogP contribution < -0.4 is 11.1 Å². The van der Waals surface area contributed by atoms with Crippen molar-refractivity contribution in [1.29, 1.82) is 0 Å². The van der Waals surface area contributed by atoms with Crippen LogP contribution in [-0.4, -0.2) is 12.5 Å². The lowest BCUT2D eigenvalue weighted by atomic mass is 10.1. The molecular formula is C12H16ClF3N2O. The van der Waals surface area contributed by atoms with Gasteiger partial charge in [0, 0.05) is 18.2 Å². The molecule has 0 fully saturated rings.